The molecule has 2 N–H and O–H groups in total. The van der Waals surface area contributed by atoms with Crippen LogP contribution in [0.1, 0.15) is 33.3 Å². The average molecular weight is 508 g/mol. The van der Waals surface area contributed by atoms with Crippen LogP contribution < -0.4 is 15.5 Å². The Morgan fingerprint density at radius 3 is 2.11 bits per heavy atom. The van der Waals surface area contributed by atoms with E-state index in [0.717, 1.165) is 22.6 Å². The molecule has 3 amide bonds. The molecule has 0 unspecified atom stereocenters. The molecular weight excluding hydrogens is 476 g/mol. The normalized spacial score (nSPS) is 12.1. The summed E-state index contributed by atoms with van der Waals surface area (Å²) in [6.45, 7) is 7.07. The van der Waals surface area contributed by atoms with Gasteiger partial charge in [0.15, 0.2) is 0 Å². The molecule has 0 saturated heterocycles. The average Bonchev–Trinajstić information content (AvgIpc) is 2.82. The van der Waals surface area contributed by atoms with Gasteiger partial charge in [0, 0.05) is 17.2 Å². The van der Waals surface area contributed by atoms with Gasteiger partial charge in [0.05, 0.1) is 18.7 Å². The number of hydrogen-bond acceptors (Lipinski definition) is 4. The van der Waals surface area contributed by atoms with E-state index in [1.807, 2.05) is 63.2 Å². The van der Waals surface area contributed by atoms with E-state index in [1.165, 1.54) is 6.92 Å². The maximum atomic E-state index is 13.6. The van der Waals surface area contributed by atoms with Crippen LogP contribution in [0.15, 0.2) is 72.8 Å². The summed E-state index contributed by atoms with van der Waals surface area (Å²) in [4.78, 5) is 40.7. The number of halogens is 2. The number of imide groups is 1. The molecule has 0 heterocycles. The summed E-state index contributed by atoms with van der Waals surface area (Å²) in [7, 11) is 0. The van der Waals surface area contributed by atoms with E-state index in [1.54, 1.807) is 12.1 Å². The zero-order valence-corrected chi connectivity index (χ0v) is 21.3. The van der Waals surface area contributed by atoms with E-state index < -0.39 is 35.4 Å². The summed E-state index contributed by atoms with van der Waals surface area (Å²) < 4.78 is 27.0. The van der Waals surface area contributed by atoms with Crippen LogP contribution in [0.3, 0.4) is 0 Å². The van der Waals surface area contributed by atoms with E-state index >= 15 is 0 Å². The van der Waals surface area contributed by atoms with Gasteiger partial charge in [-0.1, -0.05) is 48.5 Å². The quantitative estimate of drug-likeness (QED) is 0.466. The smallest absolute Gasteiger partial charge is 0.256 e. The van der Waals surface area contributed by atoms with Crippen molar-refractivity contribution in [3.8, 4) is 11.1 Å². The molecule has 3 aromatic carbocycles. The molecule has 0 saturated carbocycles. The predicted molar refractivity (Wildman–Crippen MR) is 140 cm³/mol. The SMILES string of the molecule is C[C@H](NC(=O)Cc1cc(F)cc(F)c1)C(=O)N(C(=O)CNC(C)(C)C)c1ccccc1-c1ccccc1. The van der Waals surface area contributed by atoms with Crippen molar-refractivity contribution in [2.24, 2.45) is 0 Å². The van der Waals surface area contributed by atoms with Crippen molar-refractivity contribution < 1.29 is 23.2 Å². The topological polar surface area (TPSA) is 78.5 Å². The number of amides is 3. The zero-order valence-electron chi connectivity index (χ0n) is 21.3. The molecule has 0 aliphatic carbocycles. The Bertz CT molecular complexity index is 1250. The van der Waals surface area contributed by atoms with Crippen molar-refractivity contribution in [1.29, 1.82) is 0 Å². The second-order valence-electron chi connectivity index (χ2n) is 9.80. The highest BCUT2D eigenvalue weighted by atomic mass is 19.1. The third-order valence-electron chi connectivity index (χ3n) is 5.50. The minimum Gasteiger partial charge on any atom is -0.344 e. The van der Waals surface area contributed by atoms with Crippen LogP contribution >= 0.6 is 0 Å². The summed E-state index contributed by atoms with van der Waals surface area (Å²) >= 11 is 0. The Morgan fingerprint density at radius 2 is 1.49 bits per heavy atom. The zero-order chi connectivity index (χ0) is 27.2. The molecule has 0 aromatic heterocycles. The number of rotatable bonds is 8. The Labute approximate surface area is 215 Å². The minimum absolute atomic E-state index is 0.110. The number of benzene rings is 3. The third kappa shape index (κ3) is 7.79. The summed E-state index contributed by atoms with van der Waals surface area (Å²) in [5, 5.41) is 5.66. The van der Waals surface area contributed by atoms with Crippen molar-refractivity contribution in [3.63, 3.8) is 0 Å². The molecule has 8 heteroatoms. The van der Waals surface area contributed by atoms with Gasteiger partial charge >= 0.3 is 0 Å². The Morgan fingerprint density at radius 1 is 0.892 bits per heavy atom. The van der Waals surface area contributed by atoms with Crippen molar-refractivity contribution in [2.75, 3.05) is 11.4 Å². The first-order valence-corrected chi connectivity index (χ1v) is 12.0. The van der Waals surface area contributed by atoms with E-state index in [-0.39, 0.29) is 24.1 Å². The molecule has 37 heavy (non-hydrogen) atoms. The maximum absolute atomic E-state index is 13.6. The summed E-state index contributed by atoms with van der Waals surface area (Å²) in [5.41, 5.74) is 1.63. The lowest BCUT2D eigenvalue weighted by Crippen LogP contribution is -2.53. The highest BCUT2D eigenvalue weighted by Crippen LogP contribution is 2.31. The van der Waals surface area contributed by atoms with E-state index in [0.29, 0.717) is 17.3 Å². The van der Waals surface area contributed by atoms with Crippen molar-refractivity contribution in [2.45, 2.75) is 45.7 Å². The summed E-state index contributed by atoms with van der Waals surface area (Å²) in [6.07, 6.45) is -0.327. The highest BCUT2D eigenvalue weighted by molar-refractivity contribution is 6.19. The molecule has 0 radical (unpaired) electrons. The van der Waals surface area contributed by atoms with Crippen LogP contribution in [-0.2, 0) is 20.8 Å². The number of para-hydroxylation sites is 1. The van der Waals surface area contributed by atoms with Crippen LogP contribution in [-0.4, -0.2) is 35.8 Å². The predicted octanol–water partition coefficient (Wildman–Crippen LogP) is 4.63. The van der Waals surface area contributed by atoms with Gasteiger partial charge in [0.2, 0.25) is 11.8 Å². The molecular formula is C29H31F2N3O3. The number of anilines is 1. The lowest BCUT2D eigenvalue weighted by Gasteiger charge is -2.28. The van der Waals surface area contributed by atoms with Gasteiger partial charge in [-0.15, -0.1) is 0 Å². The van der Waals surface area contributed by atoms with Gasteiger partial charge in [0.1, 0.15) is 17.7 Å². The van der Waals surface area contributed by atoms with Crippen LogP contribution in [0.4, 0.5) is 14.5 Å². The molecule has 6 nitrogen and oxygen atoms in total. The van der Waals surface area contributed by atoms with Gasteiger partial charge in [-0.25, -0.2) is 13.7 Å². The molecule has 0 aliphatic rings. The van der Waals surface area contributed by atoms with Crippen LogP contribution in [0, 0.1) is 11.6 Å². The van der Waals surface area contributed by atoms with Crippen LogP contribution in [0.25, 0.3) is 11.1 Å². The van der Waals surface area contributed by atoms with Crippen molar-refractivity contribution in [3.05, 3.63) is 90.0 Å². The fourth-order valence-electron chi connectivity index (χ4n) is 3.77. The van der Waals surface area contributed by atoms with E-state index in [2.05, 4.69) is 10.6 Å². The van der Waals surface area contributed by atoms with Gasteiger partial charge in [-0.3, -0.25) is 14.4 Å². The number of carbonyl (C=O) groups excluding carboxylic acids is 3. The maximum Gasteiger partial charge on any atom is 0.256 e. The monoisotopic (exact) mass is 507 g/mol. The second kappa shape index (κ2) is 11.9. The van der Waals surface area contributed by atoms with E-state index in [9.17, 15) is 23.2 Å². The molecule has 0 spiro atoms. The Hall–Kier alpha value is -3.91. The van der Waals surface area contributed by atoms with Gasteiger partial charge in [0.25, 0.3) is 5.91 Å². The number of carbonyl (C=O) groups is 3. The lowest BCUT2D eigenvalue weighted by molar-refractivity contribution is -0.130. The Kier molecular flexibility index (Phi) is 8.89. The third-order valence-corrected chi connectivity index (χ3v) is 5.50. The van der Waals surface area contributed by atoms with Gasteiger partial charge < -0.3 is 10.6 Å². The Balaban J connectivity index is 1.89. The largest absolute Gasteiger partial charge is 0.344 e. The number of nitrogens with zero attached hydrogens (tertiary/aromatic N) is 1. The first-order chi connectivity index (χ1) is 17.4. The van der Waals surface area contributed by atoms with Gasteiger partial charge in [-0.05, 0) is 57.0 Å². The molecule has 1 atom stereocenters. The lowest BCUT2D eigenvalue weighted by atomic mass is 10.0. The highest BCUT2D eigenvalue weighted by Gasteiger charge is 2.31. The van der Waals surface area contributed by atoms with Crippen LogP contribution in [0.5, 0.6) is 0 Å². The molecule has 0 aliphatic heterocycles. The van der Waals surface area contributed by atoms with Crippen molar-refractivity contribution >= 4 is 23.4 Å². The van der Waals surface area contributed by atoms with Crippen LogP contribution in [0.2, 0.25) is 0 Å². The number of hydrogen-bond donors (Lipinski definition) is 2. The molecule has 194 valence electrons. The summed E-state index contributed by atoms with van der Waals surface area (Å²) in [6, 6.07) is 18.1. The first-order valence-electron chi connectivity index (χ1n) is 12.0. The fraction of sp³-hybridized carbons (Fsp3) is 0.276. The standard InChI is InChI=1S/C29H31F2N3O3/c1-19(33-26(35)16-20-14-22(30)17-23(31)15-20)28(37)34(27(36)18-32-29(2,3)4)25-13-9-8-12-24(25)21-10-6-5-7-11-21/h5-15,17,19,32H,16,18H2,1-4H3,(H,33,35)/t19-/m0/s1. The van der Waals surface area contributed by atoms with Gasteiger partial charge in [-0.2, -0.15) is 0 Å². The number of nitrogens with one attached hydrogen (secondary N) is 2. The van der Waals surface area contributed by atoms with Crippen molar-refractivity contribution in [1.82, 2.24) is 10.6 Å². The second-order valence-corrected chi connectivity index (χ2v) is 9.80. The molecule has 3 aromatic rings. The fourth-order valence-corrected chi connectivity index (χ4v) is 3.77. The molecule has 3 rings (SSSR count). The molecule has 0 bridgehead atoms. The molecule has 0 fully saturated rings. The first kappa shape index (κ1) is 27.7. The minimum atomic E-state index is -1.09. The summed E-state index contributed by atoms with van der Waals surface area (Å²) in [5.74, 6) is -3.33. The van der Waals surface area contributed by atoms with E-state index in [4.69, 9.17) is 0 Å².